The highest BCUT2D eigenvalue weighted by Gasteiger charge is 2.13. The summed E-state index contributed by atoms with van der Waals surface area (Å²) in [6, 6.07) is 5.18. The van der Waals surface area contributed by atoms with Crippen molar-refractivity contribution in [3.63, 3.8) is 0 Å². The zero-order valence-corrected chi connectivity index (χ0v) is 11.2. The summed E-state index contributed by atoms with van der Waals surface area (Å²) in [7, 11) is 1.34. The Labute approximate surface area is 107 Å². The zero-order valence-electron chi connectivity index (χ0n) is 11.2. The van der Waals surface area contributed by atoms with E-state index in [1.165, 1.54) is 7.11 Å². The summed E-state index contributed by atoms with van der Waals surface area (Å²) in [5.41, 5.74) is 1.85. The molecule has 1 aromatic rings. The number of amides is 1. The molecule has 98 valence electrons. The number of carbonyl (C=O) groups is 2. The van der Waals surface area contributed by atoms with Crippen LogP contribution >= 0.6 is 0 Å². The molecule has 0 radical (unpaired) electrons. The maximum absolute atomic E-state index is 11.7. The predicted molar refractivity (Wildman–Crippen MR) is 70.6 cm³/mol. The molecule has 0 aliphatic rings. The van der Waals surface area contributed by atoms with Gasteiger partial charge in [0.15, 0.2) is 0 Å². The Bertz CT molecular complexity index is 452. The molecule has 4 nitrogen and oxygen atoms in total. The van der Waals surface area contributed by atoms with Gasteiger partial charge >= 0.3 is 5.97 Å². The van der Waals surface area contributed by atoms with Crippen LogP contribution in [0.15, 0.2) is 18.2 Å². The molecule has 0 saturated heterocycles. The first kappa shape index (κ1) is 14.2. The number of hydrogen-bond donors (Lipinski definition) is 1. The smallest absolute Gasteiger partial charge is 0.338 e. The van der Waals surface area contributed by atoms with Gasteiger partial charge in [-0.2, -0.15) is 0 Å². The lowest BCUT2D eigenvalue weighted by Crippen LogP contribution is -2.15. The number of esters is 1. The third-order valence-corrected chi connectivity index (χ3v) is 2.61. The fraction of sp³-hybridized carbons (Fsp3) is 0.429. The van der Waals surface area contributed by atoms with Crippen molar-refractivity contribution >= 4 is 17.6 Å². The summed E-state index contributed by atoms with van der Waals surface area (Å²) in [5, 5.41) is 2.81. The maximum Gasteiger partial charge on any atom is 0.338 e. The quantitative estimate of drug-likeness (QED) is 0.835. The minimum atomic E-state index is -0.396. The third kappa shape index (κ3) is 3.58. The Hall–Kier alpha value is -1.84. The largest absolute Gasteiger partial charge is 0.465 e. The van der Waals surface area contributed by atoms with Crippen LogP contribution in [-0.4, -0.2) is 19.0 Å². The minimum Gasteiger partial charge on any atom is -0.465 e. The fourth-order valence-electron chi connectivity index (χ4n) is 1.67. The number of nitrogens with one attached hydrogen (secondary N) is 1. The molecule has 18 heavy (non-hydrogen) atoms. The van der Waals surface area contributed by atoms with Crippen molar-refractivity contribution in [2.24, 2.45) is 5.92 Å². The first-order valence-electron chi connectivity index (χ1n) is 5.93. The Morgan fingerprint density at radius 1 is 1.33 bits per heavy atom. The molecule has 0 aliphatic heterocycles. The molecule has 0 atom stereocenters. The Kier molecular flexibility index (Phi) is 4.89. The second-order valence-electron chi connectivity index (χ2n) is 4.62. The number of benzene rings is 1. The van der Waals surface area contributed by atoms with E-state index in [1.807, 2.05) is 13.8 Å². The van der Waals surface area contributed by atoms with Crippen molar-refractivity contribution in [1.82, 2.24) is 0 Å². The van der Waals surface area contributed by atoms with Crippen molar-refractivity contribution in [3.05, 3.63) is 29.3 Å². The second-order valence-corrected chi connectivity index (χ2v) is 4.62. The van der Waals surface area contributed by atoms with Crippen LogP contribution in [0.25, 0.3) is 0 Å². The monoisotopic (exact) mass is 249 g/mol. The molecule has 1 rings (SSSR count). The summed E-state index contributed by atoms with van der Waals surface area (Å²) >= 11 is 0. The van der Waals surface area contributed by atoms with Crippen LogP contribution in [-0.2, 0) is 9.53 Å². The Morgan fingerprint density at radius 2 is 2.00 bits per heavy atom. The van der Waals surface area contributed by atoms with Gasteiger partial charge in [0.1, 0.15) is 0 Å². The molecule has 0 spiro atoms. The SMILES string of the molecule is COC(=O)c1cccc(NC(=O)CC(C)C)c1C. The molecule has 0 bridgehead atoms. The molecule has 0 unspecified atom stereocenters. The van der Waals surface area contributed by atoms with Gasteiger partial charge in [0.2, 0.25) is 5.91 Å². The molecular formula is C14H19NO3. The lowest BCUT2D eigenvalue weighted by Gasteiger charge is -2.12. The van der Waals surface area contributed by atoms with Gasteiger partial charge in [-0.25, -0.2) is 4.79 Å². The average Bonchev–Trinajstić information content (AvgIpc) is 2.30. The predicted octanol–water partition coefficient (Wildman–Crippen LogP) is 2.77. The fourth-order valence-corrected chi connectivity index (χ4v) is 1.67. The first-order chi connectivity index (χ1) is 8.45. The van der Waals surface area contributed by atoms with Crippen molar-refractivity contribution < 1.29 is 14.3 Å². The zero-order chi connectivity index (χ0) is 13.7. The van der Waals surface area contributed by atoms with Crippen molar-refractivity contribution in [2.75, 3.05) is 12.4 Å². The molecule has 1 aromatic carbocycles. The van der Waals surface area contributed by atoms with Gasteiger partial charge in [0.05, 0.1) is 12.7 Å². The summed E-state index contributed by atoms with van der Waals surface area (Å²) in [6.07, 6.45) is 0.460. The van der Waals surface area contributed by atoms with E-state index in [-0.39, 0.29) is 5.91 Å². The number of hydrogen-bond acceptors (Lipinski definition) is 3. The number of rotatable bonds is 4. The number of ether oxygens (including phenoxy) is 1. The highest BCUT2D eigenvalue weighted by molar-refractivity contribution is 5.96. The summed E-state index contributed by atoms with van der Waals surface area (Å²) in [6.45, 7) is 5.76. The molecule has 0 fully saturated rings. The van der Waals surface area contributed by atoms with Crippen molar-refractivity contribution in [3.8, 4) is 0 Å². The number of carbonyl (C=O) groups excluding carboxylic acids is 2. The van der Waals surface area contributed by atoms with Crippen LogP contribution in [0.5, 0.6) is 0 Å². The van der Waals surface area contributed by atoms with Crippen LogP contribution in [0.4, 0.5) is 5.69 Å². The highest BCUT2D eigenvalue weighted by Crippen LogP contribution is 2.20. The van der Waals surface area contributed by atoms with Crippen LogP contribution in [0, 0.1) is 12.8 Å². The van der Waals surface area contributed by atoms with Crippen LogP contribution in [0.3, 0.4) is 0 Å². The second kappa shape index (κ2) is 6.19. The van der Waals surface area contributed by atoms with Crippen molar-refractivity contribution in [2.45, 2.75) is 27.2 Å². The van der Waals surface area contributed by atoms with E-state index >= 15 is 0 Å². The third-order valence-electron chi connectivity index (χ3n) is 2.61. The summed E-state index contributed by atoms with van der Waals surface area (Å²) in [5.74, 6) is -0.142. The van der Waals surface area contributed by atoms with Gasteiger partial charge < -0.3 is 10.1 Å². The van der Waals surface area contributed by atoms with Crippen LogP contribution in [0.2, 0.25) is 0 Å². The standard InChI is InChI=1S/C14H19NO3/c1-9(2)8-13(16)15-12-7-5-6-11(10(12)3)14(17)18-4/h5-7,9H,8H2,1-4H3,(H,15,16). The minimum absolute atomic E-state index is 0.0462. The van der Waals surface area contributed by atoms with E-state index in [2.05, 4.69) is 10.1 Å². The van der Waals surface area contributed by atoms with E-state index in [1.54, 1.807) is 25.1 Å². The van der Waals surface area contributed by atoms with Gasteiger partial charge in [-0.1, -0.05) is 19.9 Å². The molecule has 0 saturated carbocycles. The van der Waals surface area contributed by atoms with Gasteiger partial charge in [-0.15, -0.1) is 0 Å². The molecular weight excluding hydrogens is 230 g/mol. The van der Waals surface area contributed by atoms with Crippen molar-refractivity contribution in [1.29, 1.82) is 0 Å². The van der Waals surface area contributed by atoms with E-state index in [9.17, 15) is 9.59 Å². The lowest BCUT2D eigenvalue weighted by molar-refractivity contribution is -0.116. The molecule has 0 heterocycles. The van der Waals surface area contributed by atoms with E-state index < -0.39 is 5.97 Å². The lowest BCUT2D eigenvalue weighted by atomic mass is 10.1. The van der Waals surface area contributed by atoms with E-state index in [0.717, 1.165) is 5.56 Å². The molecule has 1 amide bonds. The molecule has 1 N–H and O–H groups in total. The van der Waals surface area contributed by atoms with Gasteiger partial charge in [-0.05, 0) is 30.5 Å². The number of anilines is 1. The summed E-state index contributed by atoms with van der Waals surface area (Å²) in [4.78, 5) is 23.2. The van der Waals surface area contributed by atoms with Crippen LogP contribution < -0.4 is 5.32 Å². The maximum atomic E-state index is 11.7. The van der Waals surface area contributed by atoms with Gasteiger partial charge in [0.25, 0.3) is 0 Å². The normalized spacial score (nSPS) is 10.3. The Morgan fingerprint density at radius 3 is 2.56 bits per heavy atom. The Balaban J connectivity index is 2.91. The van der Waals surface area contributed by atoms with Gasteiger partial charge in [-0.3, -0.25) is 4.79 Å². The molecule has 0 aromatic heterocycles. The summed E-state index contributed by atoms with van der Waals surface area (Å²) < 4.78 is 4.69. The first-order valence-corrected chi connectivity index (χ1v) is 5.93. The molecule has 0 aliphatic carbocycles. The number of methoxy groups -OCH3 is 1. The molecule has 4 heteroatoms. The van der Waals surface area contributed by atoms with Gasteiger partial charge in [0, 0.05) is 12.1 Å². The van der Waals surface area contributed by atoms with E-state index in [0.29, 0.717) is 23.6 Å². The topological polar surface area (TPSA) is 55.4 Å². The van der Waals surface area contributed by atoms with Crippen LogP contribution in [0.1, 0.15) is 36.2 Å². The van der Waals surface area contributed by atoms with E-state index in [4.69, 9.17) is 0 Å². The average molecular weight is 249 g/mol. The highest BCUT2D eigenvalue weighted by atomic mass is 16.5.